The second-order valence-electron chi connectivity index (χ2n) is 2.88. The lowest BCUT2D eigenvalue weighted by Gasteiger charge is -2.03. The van der Waals surface area contributed by atoms with Gasteiger partial charge in [-0.15, -0.1) is 0 Å². The topological polar surface area (TPSA) is 61.0 Å². The lowest BCUT2D eigenvalue weighted by Crippen LogP contribution is -2.10. The van der Waals surface area contributed by atoms with Crippen molar-refractivity contribution in [2.24, 2.45) is 5.73 Å². The van der Waals surface area contributed by atoms with E-state index in [-0.39, 0.29) is 6.61 Å². The number of hydrogen-bond acceptors (Lipinski definition) is 4. The van der Waals surface area contributed by atoms with Gasteiger partial charge >= 0.3 is 0 Å². The summed E-state index contributed by atoms with van der Waals surface area (Å²) in [6.07, 6.45) is -0.417. The van der Waals surface area contributed by atoms with Crippen molar-refractivity contribution < 1.29 is 13.5 Å². The molecule has 0 bridgehead atoms. The standard InChI is InChI=1S/C9H13F2N3O/c10-8(11)6-15-4-2-9-13-3-1-7(5-12)14-9/h1,3,8H,2,4-6,12H2. The van der Waals surface area contributed by atoms with Gasteiger partial charge < -0.3 is 10.5 Å². The molecule has 0 spiro atoms. The van der Waals surface area contributed by atoms with E-state index in [4.69, 9.17) is 10.5 Å². The van der Waals surface area contributed by atoms with E-state index in [2.05, 4.69) is 9.97 Å². The van der Waals surface area contributed by atoms with Gasteiger partial charge in [0.2, 0.25) is 0 Å². The van der Waals surface area contributed by atoms with Crippen LogP contribution in [0.1, 0.15) is 11.5 Å². The van der Waals surface area contributed by atoms with E-state index >= 15 is 0 Å². The third-order valence-corrected chi connectivity index (χ3v) is 1.69. The van der Waals surface area contributed by atoms with Crippen LogP contribution in [0.15, 0.2) is 12.3 Å². The van der Waals surface area contributed by atoms with Gasteiger partial charge in [0.15, 0.2) is 0 Å². The molecule has 4 nitrogen and oxygen atoms in total. The van der Waals surface area contributed by atoms with Gasteiger partial charge in [-0.2, -0.15) is 0 Å². The normalized spacial score (nSPS) is 10.9. The van der Waals surface area contributed by atoms with Crippen LogP contribution in [0, 0.1) is 0 Å². The molecule has 0 radical (unpaired) electrons. The quantitative estimate of drug-likeness (QED) is 0.714. The van der Waals surface area contributed by atoms with E-state index in [0.717, 1.165) is 5.69 Å². The number of nitrogens with zero attached hydrogens (tertiary/aromatic N) is 2. The van der Waals surface area contributed by atoms with Gasteiger partial charge in [-0.05, 0) is 6.07 Å². The second kappa shape index (κ2) is 6.36. The van der Waals surface area contributed by atoms with Gasteiger partial charge in [0.1, 0.15) is 12.4 Å². The fourth-order valence-corrected chi connectivity index (χ4v) is 1.01. The molecule has 2 N–H and O–H groups in total. The van der Waals surface area contributed by atoms with Crippen molar-refractivity contribution in [3.05, 3.63) is 23.8 Å². The highest BCUT2D eigenvalue weighted by atomic mass is 19.3. The third kappa shape index (κ3) is 4.75. The average Bonchev–Trinajstić information content (AvgIpc) is 2.24. The molecule has 0 saturated carbocycles. The largest absolute Gasteiger partial charge is 0.375 e. The smallest absolute Gasteiger partial charge is 0.261 e. The molecule has 1 aromatic heterocycles. The number of alkyl halides is 2. The molecule has 0 saturated heterocycles. The van der Waals surface area contributed by atoms with Crippen molar-refractivity contribution in [3.8, 4) is 0 Å². The number of hydrogen-bond donors (Lipinski definition) is 1. The highest BCUT2D eigenvalue weighted by Crippen LogP contribution is 1.97. The fourth-order valence-electron chi connectivity index (χ4n) is 1.01. The zero-order valence-corrected chi connectivity index (χ0v) is 8.20. The Balaban J connectivity index is 2.30. The highest BCUT2D eigenvalue weighted by molar-refractivity contribution is 5.01. The Morgan fingerprint density at radius 2 is 2.27 bits per heavy atom. The average molecular weight is 217 g/mol. The SMILES string of the molecule is NCc1ccnc(CCOCC(F)F)n1. The minimum atomic E-state index is -2.43. The lowest BCUT2D eigenvalue weighted by atomic mass is 10.3. The van der Waals surface area contributed by atoms with Crippen LogP contribution < -0.4 is 5.73 Å². The minimum Gasteiger partial charge on any atom is -0.375 e. The predicted octanol–water partition coefficient (Wildman–Crippen LogP) is 0.760. The molecular weight excluding hydrogens is 204 g/mol. The van der Waals surface area contributed by atoms with E-state index in [0.29, 0.717) is 18.8 Å². The zero-order valence-electron chi connectivity index (χ0n) is 8.20. The van der Waals surface area contributed by atoms with Crippen molar-refractivity contribution in [2.75, 3.05) is 13.2 Å². The summed E-state index contributed by atoms with van der Waals surface area (Å²) in [5, 5.41) is 0. The molecule has 6 heteroatoms. The Hall–Kier alpha value is -1.14. The number of halogens is 2. The monoisotopic (exact) mass is 217 g/mol. The Morgan fingerprint density at radius 3 is 2.93 bits per heavy atom. The van der Waals surface area contributed by atoms with Crippen molar-refractivity contribution in [1.29, 1.82) is 0 Å². The first-order valence-electron chi connectivity index (χ1n) is 4.59. The van der Waals surface area contributed by atoms with E-state index < -0.39 is 13.0 Å². The van der Waals surface area contributed by atoms with Crippen LogP contribution in [-0.4, -0.2) is 29.6 Å². The van der Waals surface area contributed by atoms with E-state index in [1.807, 2.05) is 0 Å². The van der Waals surface area contributed by atoms with Crippen LogP contribution in [0.4, 0.5) is 8.78 Å². The molecular formula is C9H13F2N3O. The van der Waals surface area contributed by atoms with Crippen molar-refractivity contribution >= 4 is 0 Å². The first-order valence-corrected chi connectivity index (χ1v) is 4.59. The molecule has 0 amide bonds. The van der Waals surface area contributed by atoms with Crippen molar-refractivity contribution in [2.45, 2.75) is 19.4 Å². The maximum Gasteiger partial charge on any atom is 0.261 e. The third-order valence-electron chi connectivity index (χ3n) is 1.69. The summed E-state index contributed by atoms with van der Waals surface area (Å²) in [7, 11) is 0. The number of aromatic nitrogens is 2. The summed E-state index contributed by atoms with van der Waals surface area (Å²) >= 11 is 0. The summed E-state index contributed by atoms with van der Waals surface area (Å²) in [6.45, 7) is -0.0116. The Kier molecular flexibility index (Phi) is 5.06. The summed E-state index contributed by atoms with van der Waals surface area (Å²) in [6, 6.07) is 1.71. The Morgan fingerprint density at radius 1 is 1.47 bits per heavy atom. The fraction of sp³-hybridized carbons (Fsp3) is 0.556. The molecule has 0 fully saturated rings. The van der Waals surface area contributed by atoms with Gasteiger partial charge in [0, 0.05) is 19.2 Å². The van der Waals surface area contributed by atoms with Crippen LogP contribution in [-0.2, 0) is 17.7 Å². The maximum absolute atomic E-state index is 11.7. The van der Waals surface area contributed by atoms with E-state index in [9.17, 15) is 8.78 Å². The molecule has 0 aliphatic carbocycles. The van der Waals surface area contributed by atoms with Gasteiger partial charge in [-0.3, -0.25) is 0 Å². The van der Waals surface area contributed by atoms with Crippen LogP contribution in [0.25, 0.3) is 0 Å². The van der Waals surface area contributed by atoms with Crippen molar-refractivity contribution in [1.82, 2.24) is 9.97 Å². The molecule has 1 aromatic rings. The molecule has 0 unspecified atom stereocenters. The Labute approximate surface area is 86.5 Å². The van der Waals surface area contributed by atoms with Gasteiger partial charge in [-0.25, -0.2) is 18.7 Å². The predicted molar refractivity (Wildman–Crippen MR) is 50.5 cm³/mol. The van der Waals surface area contributed by atoms with Gasteiger partial charge in [0.05, 0.1) is 12.3 Å². The first-order chi connectivity index (χ1) is 7.22. The van der Waals surface area contributed by atoms with Gasteiger partial charge in [-0.1, -0.05) is 0 Å². The van der Waals surface area contributed by atoms with Crippen LogP contribution >= 0.6 is 0 Å². The number of ether oxygens (including phenoxy) is 1. The Bertz CT molecular complexity index is 296. The lowest BCUT2D eigenvalue weighted by molar-refractivity contribution is 0.0182. The summed E-state index contributed by atoms with van der Waals surface area (Å²) in [5.74, 6) is 0.562. The molecule has 0 aromatic carbocycles. The number of nitrogens with two attached hydrogens (primary N) is 1. The molecule has 0 atom stereocenters. The van der Waals surface area contributed by atoms with Crippen LogP contribution in [0.2, 0.25) is 0 Å². The zero-order chi connectivity index (χ0) is 11.1. The van der Waals surface area contributed by atoms with Crippen LogP contribution in [0.3, 0.4) is 0 Å². The van der Waals surface area contributed by atoms with Gasteiger partial charge in [0.25, 0.3) is 6.43 Å². The minimum absolute atomic E-state index is 0.193. The summed E-state index contributed by atoms with van der Waals surface area (Å²) < 4.78 is 28.1. The number of rotatable bonds is 6. The summed E-state index contributed by atoms with van der Waals surface area (Å²) in [4.78, 5) is 8.07. The molecule has 1 rings (SSSR count). The molecule has 0 aliphatic rings. The molecule has 15 heavy (non-hydrogen) atoms. The van der Waals surface area contributed by atoms with Crippen molar-refractivity contribution in [3.63, 3.8) is 0 Å². The summed E-state index contributed by atoms with van der Waals surface area (Å²) in [5.41, 5.74) is 6.12. The molecule has 1 heterocycles. The van der Waals surface area contributed by atoms with E-state index in [1.165, 1.54) is 0 Å². The van der Waals surface area contributed by atoms with Crippen LogP contribution in [0.5, 0.6) is 0 Å². The maximum atomic E-state index is 11.7. The molecule has 84 valence electrons. The highest BCUT2D eigenvalue weighted by Gasteiger charge is 2.03. The second-order valence-corrected chi connectivity index (χ2v) is 2.88. The van der Waals surface area contributed by atoms with E-state index in [1.54, 1.807) is 12.3 Å². The first kappa shape index (κ1) is 11.9. The molecule has 0 aliphatic heterocycles.